The molecule has 26 heavy (non-hydrogen) atoms. The zero-order chi connectivity index (χ0) is 18.8. The molecule has 2 N–H and O–H groups in total. The van der Waals surface area contributed by atoms with Crippen LogP contribution in [-0.4, -0.2) is 24.5 Å². The molecule has 136 valence electrons. The number of benzene rings is 2. The first kappa shape index (κ1) is 17.9. The Hall–Kier alpha value is -2.89. The Balaban J connectivity index is 1.62. The summed E-state index contributed by atoms with van der Waals surface area (Å²) in [6.45, 7) is 6.10. The third-order valence-corrected chi connectivity index (χ3v) is 4.69. The maximum Gasteiger partial charge on any atom is 0.319 e. The summed E-state index contributed by atoms with van der Waals surface area (Å²) in [4.78, 5) is 26.1. The predicted molar refractivity (Wildman–Crippen MR) is 100.0 cm³/mol. The molecule has 2 aromatic carbocycles. The van der Waals surface area contributed by atoms with Gasteiger partial charge in [0.2, 0.25) is 5.91 Å². The third-order valence-electron chi connectivity index (χ3n) is 4.69. The van der Waals surface area contributed by atoms with Gasteiger partial charge in [-0.05, 0) is 61.7 Å². The van der Waals surface area contributed by atoms with Crippen LogP contribution in [0.1, 0.15) is 23.1 Å². The Kier molecular flexibility index (Phi) is 4.93. The molecule has 1 atom stereocenters. The van der Waals surface area contributed by atoms with Gasteiger partial charge in [0, 0.05) is 24.3 Å². The number of nitrogens with one attached hydrogen (secondary N) is 2. The summed E-state index contributed by atoms with van der Waals surface area (Å²) in [5.74, 6) is -0.403. The number of anilines is 2. The molecular formula is C20H22FN3O2. The predicted octanol–water partition coefficient (Wildman–Crippen LogP) is 3.68. The molecule has 3 rings (SSSR count). The van der Waals surface area contributed by atoms with E-state index in [1.54, 1.807) is 24.0 Å². The molecule has 1 heterocycles. The van der Waals surface area contributed by atoms with Crippen molar-refractivity contribution in [3.8, 4) is 0 Å². The van der Waals surface area contributed by atoms with Crippen molar-refractivity contribution in [2.24, 2.45) is 0 Å². The minimum absolute atomic E-state index is 0.0278. The number of hydrogen-bond donors (Lipinski definition) is 2. The second-order valence-corrected chi connectivity index (χ2v) is 6.74. The molecule has 0 radical (unpaired) electrons. The Morgan fingerprint density at radius 3 is 2.50 bits per heavy atom. The molecule has 3 amide bonds. The normalized spacial score (nSPS) is 16.7. The van der Waals surface area contributed by atoms with Crippen molar-refractivity contribution in [3.63, 3.8) is 0 Å². The van der Waals surface area contributed by atoms with Crippen LogP contribution in [0.4, 0.5) is 20.6 Å². The molecule has 0 spiro atoms. The molecule has 6 heteroatoms. The van der Waals surface area contributed by atoms with E-state index in [0.717, 1.165) is 11.3 Å². The van der Waals surface area contributed by atoms with Crippen LogP contribution < -0.4 is 15.5 Å². The molecule has 1 aliphatic heterocycles. The molecule has 1 fully saturated rings. The molecule has 0 bridgehead atoms. The lowest BCUT2D eigenvalue weighted by Gasteiger charge is -2.18. The van der Waals surface area contributed by atoms with E-state index in [4.69, 9.17) is 0 Å². The highest BCUT2D eigenvalue weighted by atomic mass is 19.1. The van der Waals surface area contributed by atoms with Crippen molar-refractivity contribution >= 4 is 23.3 Å². The standard InChI is InChI=1S/C20H22FN3O2/c1-12-5-7-17(8-14(12)3)24-11-16(10-19(24)25)23-20(26)22-15-6-4-13(2)18(21)9-15/h4-9,16H,10-11H2,1-3H3,(H2,22,23,26). The lowest BCUT2D eigenvalue weighted by atomic mass is 10.1. The van der Waals surface area contributed by atoms with E-state index < -0.39 is 6.03 Å². The highest BCUT2D eigenvalue weighted by Crippen LogP contribution is 2.24. The van der Waals surface area contributed by atoms with Crippen molar-refractivity contribution in [2.45, 2.75) is 33.2 Å². The Morgan fingerprint density at radius 1 is 1.08 bits per heavy atom. The maximum atomic E-state index is 13.6. The van der Waals surface area contributed by atoms with Crippen molar-refractivity contribution in [1.29, 1.82) is 0 Å². The quantitative estimate of drug-likeness (QED) is 0.882. The fraction of sp³-hybridized carbons (Fsp3) is 0.300. The fourth-order valence-corrected chi connectivity index (χ4v) is 2.97. The van der Waals surface area contributed by atoms with Gasteiger partial charge in [-0.25, -0.2) is 9.18 Å². The summed E-state index contributed by atoms with van der Waals surface area (Å²) in [5, 5.41) is 5.39. The van der Waals surface area contributed by atoms with Gasteiger partial charge in [0.25, 0.3) is 0 Å². The van der Waals surface area contributed by atoms with Crippen LogP contribution in [0.15, 0.2) is 36.4 Å². The van der Waals surface area contributed by atoms with Gasteiger partial charge in [0.05, 0.1) is 6.04 Å². The van der Waals surface area contributed by atoms with Gasteiger partial charge in [0.15, 0.2) is 0 Å². The first-order valence-corrected chi connectivity index (χ1v) is 8.55. The summed E-state index contributed by atoms with van der Waals surface area (Å²) < 4.78 is 13.6. The van der Waals surface area contributed by atoms with E-state index in [1.165, 1.54) is 11.6 Å². The van der Waals surface area contributed by atoms with E-state index in [9.17, 15) is 14.0 Å². The fourth-order valence-electron chi connectivity index (χ4n) is 2.97. The zero-order valence-electron chi connectivity index (χ0n) is 15.1. The molecule has 0 aliphatic carbocycles. The van der Waals surface area contributed by atoms with Crippen LogP contribution >= 0.6 is 0 Å². The van der Waals surface area contributed by atoms with Gasteiger partial charge in [0.1, 0.15) is 5.82 Å². The number of aryl methyl sites for hydroxylation is 3. The number of carbonyl (C=O) groups excluding carboxylic acids is 2. The largest absolute Gasteiger partial charge is 0.333 e. The number of amides is 3. The molecule has 2 aromatic rings. The van der Waals surface area contributed by atoms with Gasteiger partial charge in [-0.3, -0.25) is 4.79 Å². The van der Waals surface area contributed by atoms with E-state index in [-0.39, 0.29) is 24.2 Å². The Morgan fingerprint density at radius 2 is 1.81 bits per heavy atom. The van der Waals surface area contributed by atoms with Gasteiger partial charge < -0.3 is 15.5 Å². The van der Waals surface area contributed by atoms with Crippen LogP contribution in [0.5, 0.6) is 0 Å². The van der Waals surface area contributed by atoms with Gasteiger partial charge >= 0.3 is 6.03 Å². The summed E-state index contributed by atoms with van der Waals surface area (Å²) >= 11 is 0. The number of nitrogens with zero attached hydrogens (tertiary/aromatic N) is 1. The van der Waals surface area contributed by atoms with Crippen molar-refractivity contribution in [2.75, 3.05) is 16.8 Å². The summed E-state index contributed by atoms with van der Waals surface area (Å²) in [6.07, 6.45) is 0.239. The lowest BCUT2D eigenvalue weighted by molar-refractivity contribution is -0.117. The Labute approximate surface area is 152 Å². The number of hydrogen-bond acceptors (Lipinski definition) is 2. The molecule has 0 aromatic heterocycles. The average Bonchev–Trinajstić information content (AvgIpc) is 2.93. The lowest BCUT2D eigenvalue weighted by Crippen LogP contribution is -2.39. The van der Waals surface area contributed by atoms with Crippen molar-refractivity contribution in [1.82, 2.24) is 5.32 Å². The molecule has 5 nitrogen and oxygen atoms in total. The summed E-state index contributed by atoms with van der Waals surface area (Å²) in [6, 6.07) is 9.65. The van der Waals surface area contributed by atoms with Crippen molar-refractivity contribution in [3.05, 3.63) is 58.9 Å². The zero-order valence-corrected chi connectivity index (χ0v) is 15.1. The molecule has 0 saturated carbocycles. The smallest absolute Gasteiger partial charge is 0.319 e. The third kappa shape index (κ3) is 3.85. The highest BCUT2D eigenvalue weighted by molar-refractivity contribution is 5.97. The van der Waals surface area contributed by atoms with Crippen LogP contribution in [-0.2, 0) is 4.79 Å². The van der Waals surface area contributed by atoms with Gasteiger partial charge in [-0.15, -0.1) is 0 Å². The molecular weight excluding hydrogens is 333 g/mol. The second kappa shape index (κ2) is 7.15. The van der Waals surface area contributed by atoms with Crippen LogP contribution in [0.2, 0.25) is 0 Å². The van der Waals surface area contributed by atoms with E-state index in [2.05, 4.69) is 10.6 Å². The number of rotatable bonds is 3. The maximum absolute atomic E-state index is 13.6. The van der Waals surface area contributed by atoms with Crippen LogP contribution in [0.3, 0.4) is 0 Å². The summed E-state index contributed by atoms with van der Waals surface area (Å²) in [7, 11) is 0. The van der Waals surface area contributed by atoms with Gasteiger partial charge in [-0.1, -0.05) is 12.1 Å². The van der Waals surface area contributed by atoms with E-state index >= 15 is 0 Å². The minimum Gasteiger partial charge on any atom is -0.333 e. The molecule has 1 unspecified atom stereocenters. The van der Waals surface area contributed by atoms with Gasteiger partial charge in [-0.2, -0.15) is 0 Å². The highest BCUT2D eigenvalue weighted by Gasteiger charge is 2.31. The summed E-state index contributed by atoms with van der Waals surface area (Å²) in [5.41, 5.74) is 4.01. The average molecular weight is 355 g/mol. The Bertz CT molecular complexity index is 866. The first-order chi connectivity index (χ1) is 12.3. The van der Waals surface area contributed by atoms with E-state index in [1.807, 2.05) is 32.0 Å². The second-order valence-electron chi connectivity index (χ2n) is 6.74. The van der Waals surface area contributed by atoms with Crippen LogP contribution in [0, 0.1) is 26.6 Å². The molecule has 1 saturated heterocycles. The number of carbonyl (C=O) groups is 2. The van der Waals surface area contributed by atoms with Crippen molar-refractivity contribution < 1.29 is 14.0 Å². The SMILES string of the molecule is Cc1ccc(N2CC(NC(=O)Nc3ccc(C)c(F)c3)CC2=O)cc1C. The monoisotopic (exact) mass is 355 g/mol. The number of urea groups is 1. The van der Waals surface area contributed by atoms with Crippen LogP contribution in [0.25, 0.3) is 0 Å². The topological polar surface area (TPSA) is 61.4 Å². The number of halogens is 1. The minimum atomic E-state index is -0.451. The molecule has 1 aliphatic rings. The first-order valence-electron chi connectivity index (χ1n) is 8.55. The van der Waals surface area contributed by atoms with E-state index in [0.29, 0.717) is 17.8 Å².